The van der Waals surface area contributed by atoms with Crippen LogP contribution in [0.4, 0.5) is 11.4 Å². The predicted octanol–water partition coefficient (Wildman–Crippen LogP) is 2.11. The number of nitrogens with zero attached hydrogens (tertiary/aromatic N) is 3. The van der Waals surface area contributed by atoms with Gasteiger partial charge in [-0.15, -0.1) is 0 Å². The Labute approximate surface area is 130 Å². The first-order valence-corrected chi connectivity index (χ1v) is 7.00. The van der Waals surface area contributed by atoms with E-state index in [9.17, 15) is 4.79 Å². The molecule has 22 heavy (non-hydrogen) atoms. The van der Waals surface area contributed by atoms with Gasteiger partial charge in [-0.05, 0) is 18.2 Å². The van der Waals surface area contributed by atoms with Gasteiger partial charge in [0.25, 0.3) is 5.91 Å². The highest BCUT2D eigenvalue weighted by Crippen LogP contribution is 2.12. The van der Waals surface area contributed by atoms with Crippen molar-refractivity contribution >= 4 is 17.3 Å². The van der Waals surface area contributed by atoms with Crippen molar-refractivity contribution in [2.45, 2.75) is 13.0 Å². The highest BCUT2D eigenvalue weighted by molar-refractivity contribution is 5.92. The molecule has 0 saturated heterocycles. The second kappa shape index (κ2) is 6.72. The normalized spacial score (nSPS) is 11.4. The highest BCUT2D eigenvalue weighted by atomic mass is 16.2. The molecular weight excluding hydrogens is 276 g/mol. The SMILES string of the molecule is C[C@H](C(=O)Nc1cccc(C#N)c1)[n+]1ccc(N(C)C)cc1. The quantitative estimate of drug-likeness (QED) is 0.879. The molecule has 0 fully saturated rings. The van der Waals surface area contributed by atoms with E-state index in [1.165, 1.54) is 0 Å². The summed E-state index contributed by atoms with van der Waals surface area (Å²) >= 11 is 0. The van der Waals surface area contributed by atoms with E-state index in [1.54, 1.807) is 24.3 Å². The first kappa shape index (κ1) is 15.5. The lowest BCUT2D eigenvalue weighted by Crippen LogP contribution is -2.44. The summed E-state index contributed by atoms with van der Waals surface area (Å²) in [6.07, 6.45) is 3.76. The number of benzene rings is 1. The minimum Gasteiger partial charge on any atom is -0.377 e. The Morgan fingerprint density at radius 3 is 2.55 bits per heavy atom. The number of hydrogen-bond acceptors (Lipinski definition) is 3. The summed E-state index contributed by atoms with van der Waals surface area (Å²) in [4.78, 5) is 14.3. The minimum atomic E-state index is -0.345. The Kier molecular flexibility index (Phi) is 4.74. The molecule has 5 nitrogen and oxygen atoms in total. The summed E-state index contributed by atoms with van der Waals surface area (Å²) in [5.74, 6) is -0.127. The van der Waals surface area contributed by atoms with Crippen molar-refractivity contribution in [3.05, 3.63) is 54.4 Å². The lowest BCUT2D eigenvalue weighted by molar-refractivity contribution is -0.705. The van der Waals surface area contributed by atoms with Crippen molar-refractivity contribution in [2.75, 3.05) is 24.3 Å². The zero-order chi connectivity index (χ0) is 16.1. The van der Waals surface area contributed by atoms with Gasteiger partial charge in [0.15, 0.2) is 12.4 Å². The Bertz CT molecular complexity index is 701. The van der Waals surface area contributed by atoms with Gasteiger partial charge in [-0.25, -0.2) is 0 Å². The molecule has 1 heterocycles. The fourth-order valence-electron chi connectivity index (χ4n) is 2.04. The molecule has 1 N–H and O–H groups in total. The van der Waals surface area contributed by atoms with Crippen molar-refractivity contribution in [1.82, 2.24) is 0 Å². The minimum absolute atomic E-state index is 0.127. The third kappa shape index (κ3) is 3.61. The van der Waals surface area contributed by atoms with Gasteiger partial charge in [-0.3, -0.25) is 4.79 Å². The predicted molar refractivity (Wildman–Crippen MR) is 85.5 cm³/mol. The van der Waals surface area contributed by atoms with Crippen LogP contribution in [-0.2, 0) is 4.79 Å². The third-order valence-electron chi connectivity index (χ3n) is 3.44. The van der Waals surface area contributed by atoms with E-state index in [4.69, 9.17) is 5.26 Å². The Morgan fingerprint density at radius 2 is 1.95 bits per heavy atom. The van der Waals surface area contributed by atoms with Crippen LogP contribution >= 0.6 is 0 Å². The van der Waals surface area contributed by atoms with Crippen LogP contribution in [0.15, 0.2) is 48.8 Å². The van der Waals surface area contributed by atoms with Crippen molar-refractivity contribution in [1.29, 1.82) is 5.26 Å². The van der Waals surface area contributed by atoms with Crippen molar-refractivity contribution in [2.24, 2.45) is 0 Å². The van der Waals surface area contributed by atoms with E-state index in [0.717, 1.165) is 5.69 Å². The monoisotopic (exact) mass is 295 g/mol. The molecule has 0 aliphatic rings. The summed E-state index contributed by atoms with van der Waals surface area (Å²) in [5, 5.41) is 11.7. The van der Waals surface area contributed by atoms with Gasteiger partial charge in [0.05, 0.1) is 11.6 Å². The van der Waals surface area contributed by atoms with Crippen LogP contribution in [0.3, 0.4) is 0 Å². The highest BCUT2D eigenvalue weighted by Gasteiger charge is 2.22. The number of pyridine rings is 1. The van der Waals surface area contributed by atoms with E-state index >= 15 is 0 Å². The zero-order valence-corrected chi connectivity index (χ0v) is 12.9. The Morgan fingerprint density at radius 1 is 1.27 bits per heavy atom. The molecule has 1 aromatic carbocycles. The molecule has 0 aliphatic carbocycles. The van der Waals surface area contributed by atoms with Crippen LogP contribution in [0.2, 0.25) is 0 Å². The van der Waals surface area contributed by atoms with E-state index in [-0.39, 0.29) is 11.9 Å². The smallest absolute Gasteiger partial charge is 0.293 e. The Balaban J connectivity index is 2.10. The van der Waals surface area contributed by atoms with Crippen LogP contribution in [0.1, 0.15) is 18.5 Å². The molecule has 5 heteroatoms. The Hall–Kier alpha value is -2.87. The topological polar surface area (TPSA) is 60.0 Å². The molecule has 112 valence electrons. The number of rotatable bonds is 4. The number of carbonyl (C=O) groups is 1. The number of nitriles is 1. The van der Waals surface area contributed by atoms with E-state index in [2.05, 4.69) is 11.4 Å². The lowest BCUT2D eigenvalue weighted by Gasteiger charge is -2.12. The molecule has 1 amide bonds. The molecule has 0 saturated carbocycles. The number of nitrogens with one attached hydrogen (secondary N) is 1. The number of carbonyl (C=O) groups excluding carboxylic acids is 1. The van der Waals surface area contributed by atoms with Crippen molar-refractivity contribution in [3.63, 3.8) is 0 Å². The average Bonchev–Trinajstić information content (AvgIpc) is 2.54. The maximum absolute atomic E-state index is 12.3. The van der Waals surface area contributed by atoms with E-state index in [0.29, 0.717) is 11.3 Å². The largest absolute Gasteiger partial charge is 0.377 e. The molecule has 0 spiro atoms. The molecule has 2 rings (SSSR count). The average molecular weight is 295 g/mol. The summed E-state index contributed by atoms with van der Waals surface area (Å²) in [6, 6.07) is 12.5. The lowest BCUT2D eigenvalue weighted by atomic mass is 10.2. The summed E-state index contributed by atoms with van der Waals surface area (Å²) < 4.78 is 1.84. The van der Waals surface area contributed by atoms with E-state index in [1.807, 2.05) is 55.0 Å². The van der Waals surface area contributed by atoms with Gasteiger partial charge in [0.1, 0.15) is 0 Å². The summed E-state index contributed by atoms with van der Waals surface area (Å²) in [5.41, 5.74) is 2.22. The van der Waals surface area contributed by atoms with Gasteiger partial charge in [0.2, 0.25) is 6.04 Å². The number of hydrogen-bond donors (Lipinski definition) is 1. The number of amides is 1. The summed E-state index contributed by atoms with van der Waals surface area (Å²) in [6.45, 7) is 1.83. The molecule has 0 aliphatic heterocycles. The van der Waals surface area contributed by atoms with Crippen LogP contribution in [0.25, 0.3) is 0 Å². The second-order valence-corrected chi connectivity index (χ2v) is 5.26. The van der Waals surface area contributed by atoms with Crippen molar-refractivity contribution in [3.8, 4) is 6.07 Å². The molecule has 2 aromatic rings. The maximum Gasteiger partial charge on any atom is 0.293 e. The van der Waals surface area contributed by atoms with Gasteiger partial charge < -0.3 is 10.2 Å². The van der Waals surface area contributed by atoms with Crippen LogP contribution in [0.5, 0.6) is 0 Å². The van der Waals surface area contributed by atoms with Crippen molar-refractivity contribution < 1.29 is 9.36 Å². The van der Waals surface area contributed by atoms with E-state index < -0.39 is 0 Å². The van der Waals surface area contributed by atoms with Crippen LogP contribution in [-0.4, -0.2) is 20.0 Å². The first-order valence-electron chi connectivity index (χ1n) is 7.00. The molecule has 1 atom stereocenters. The zero-order valence-electron chi connectivity index (χ0n) is 12.9. The van der Waals surface area contributed by atoms with Crippen LogP contribution < -0.4 is 14.8 Å². The number of aromatic nitrogens is 1. The molecule has 0 radical (unpaired) electrons. The van der Waals surface area contributed by atoms with Gasteiger partial charge in [-0.1, -0.05) is 6.07 Å². The fraction of sp³-hybridized carbons (Fsp3) is 0.235. The molecule has 0 unspecified atom stereocenters. The summed E-state index contributed by atoms with van der Waals surface area (Å²) in [7, 11) is 3.94. The first-order chi connectivity index (χ1) is 10.5. The number of anilines is 2. The van der Waals surface area contributed by atoms with Gasteiger partial charge in [0, 0.05) is 44.5 Å². The maximum atomic E-state index is 12.3. The van der Waals surface area contributed by atoms with Crippen LogP contribution in [0, 0.1) is 11.3 Å². The second-order valence-electron chi connectivity index (χ2n) is 5.26. The fourth-order valence-corrected chi connectivity index (χ4v) is 2.04. The van der Waals surface area contributed by atoms with Gasteiger partial charge in [-0.2, -0.15) is 9.83 Å². The molecule has 1 aromatic heterocycles. The van der Waals surface area contributed by atoms with Gasteiger partial charge >= 0.3 is 0 Å². The molecular formula is C17H19N4O+. The third-order valence-corrected chi connectivity index (χ3v) is 3.44. The standard InChI is InChI=1S/C17H18N4O/c1-13(21-9-7-16(8-10-21)20(2)3)17(22)19-15-6-4-5-14(11-15)12-18/h4-11,13H,1-3H3/p+1/t13-/m1/s1. The molecule has 0 bridgehead atoms.